The van der Waals surface area contributed by atoms with Gasteiger partial charge in [0.15, 0.2) is 0 Å². The molecule has 3 rings (SSSR count). The maximum absolute atomic E-state index is 12.8. The van der Waals surface area contributed by atoms with Crippen molar-refractivity contribution in [1.82, 2.24) is 0 Å². The van der Waals surface area contributed by atoms with Crippen LogP contribution in [0.3, 0.4) is 0 Å². The summed E-state index contributed by atoms with van der Waals surface area (Å²) in [6, 6.07) is 17.3. The predicted molar refractivity (Wildman–Crippen MR) is 156 cm³/mol. The van der Waals surface area contributed by atoms with Gasteiger partial charge in [0, 0.05) is 30.7 Å². The first-order valence-electron chi connectivity index (χ1n) is 13.4. The van der Waals surface area contributed by atoms with Crippen molar-refractivity contribution in [2.24, 2.45) is 0 Å². The molecule has 1 unspecified atom stereocenters. The van der Waals surface area contributed by atoms with Crippen LogP contribution in [0.5, 0.6) is 17.2 Å². The van der Waals surface area contributed by atoms with Crippen LogP contribution in [0.4, 0.5) is 0 Å². The van der Waals surface area contributed by atoms with Gasteiger partial charge in [0.25, 0.3) is 0 Å². The second kappa shape index (κ2) is 16.3. The highest BCUT2D eigenvalue weighted by atomic mass is 16.7. The van der Waals surface area contributed by atoms with Gasteiger partial charge in [-0.25, -0.2) is 19.2 Å². The molecular formula is C33H32O10. The summed E-state index contributed by atoms with van der Waals surface area (Å²) in [5.41, 5.74) is 1.65. The lowest BCUT2D eigenvalue weighted by Crippen LogP contribution is -2.14. The van der Waals surface area contributed by atoms with Crippen molar-refractivity contribution in [3.63, 3.8) is 0 Å². The molecule has 3 aromatic carbocycles. The van der Waals surface area contributed by atoms with Gasteiger partial charge in [0.2, 0.25) is 6.29 Å². The molecule has 10 nitrogen and oxygen atoms in total. The Kier molecular flexibility index (Phi) is 12.2. The summed E-state index contributed by atoms with van der Waals surface area (Å²) in [5.74, 6) is -1.18. The van der Waals surface area contributed by atoms with Crippen LogP contribution in [0.2, 0.25) is 0 Å². The van der Waals surface area contributed by atoms with E-state index >= 15 is 0 Å². The van der Waals surface area contributed by atoms with Crippen molar-refractivity contribution in [3.05, 3.63) is 114 Å². The largest absolute Gasteiger partial charge is 0.493 e. The molecule has 0 bridgehead atoms. The summed E-state index contributed by atoms with van der Waals surface area (Å²) < 4.78 is 32.0. The second-order valence-electron chi connectivity index (χ2n) is 8.85. The SMILES string of the molecule is C=CC(=O)OCCCOc1ccc(OC(=O)c2ccc(OC(=O)c3ccc(C(OCC)OC(=O)C=C)cc3)cc2C)cc1. The fraction of sp³-hybridized carbons (Fsp3) is 0.212. The zero-order valence-electron chi connectivity index (χ0n) is 23.9. The van der Waals surface area contributed by atoms with Crippen LogP contribution in [0, 0.1) is 6.92 Å². The molecule has 0 amide bonds. The molecule has 10 heteroatoms. The summed E-state index contributed by atoms with van der Waals surface area (Å²) in [7, 11) is 0. The fourth-order valence-electron chi connectivity index (χ4n) is 3.62. The number of esters is 4. The first-order chi connectivity index (χ1) is 20.7. The van der Waals surface area contributed by atoms with Gasteiger partial charge < -0.3 is 28.4 Å². The molecule has 0 aliphatic rings. The average Bonchev–Trinajstić information content (AvgIpc) is 3.01. The van der Waals surface area contributed by atoms with Gasteiger partial charge >= 0.3 is 23.9 Å². The van der Waals surface area contributed by atoms with Gasteiger partial charge in [0.1, 0.15) is 17.2 Å². The zero-order valence-corrected chi connectivity index (χ0v) is 23.9. The van der Waals surface area contributed by atoms with Gasteiger partial charge in [-0.2, -0.15) is 0 Å². The molecule has 3 aromatic rings. The molecular weight excluding hydrogens is 556 g/mol. The number of carbonyl (C=O) groups is 4. The van der Waals surface area contributed by atoms with Crippen molar-refractivity contribution in [1.29, 1.82) is 0 Å². The van der Waals surface area contributed by atoms with Crippen LogP contribution in [-0.2, 0) is 23.8 Å². The lowest BCUT2D eigenvalue weighted by molar-refractivity contribution is -0.174. The van der Waals surface area contributed by atoms with Crippen LogP contribution in [0.25, 0.3) is 0 Å². The van der Waals surface area contributed by atoms with Gasteiger partial charge in [-0.1, -0.05) is 25.3 Å². The first-order valence-corrected chi connectivity index (χ1v) is 13.4. The Hall–Kier alpha value is -5.22. The topological polar surface area (TPSA) is 124 Å². The van der Waals surface area contributed by atoms with E-state index in [9.17, 15) is 19.2 Å². The molecule has 0 spiro atoms. The number of hydrogen-bond acceptors (Lipinski definition) is 10. The summed E-state index contributed by atoms with van der Waals surface area (Å²) in [4.78, 5) is 48.1. The Morgan fingerprint density at radius 1 is 0.767 bits per heavy atom. The molecule has 0 fully saturated rings. The average molecular weight is 589 g/mol. The highest BCUT2D eigenvalue weighted by Gasteiger charge is 2.18. The minimum Gasteiger partial charge on any atom is -0.493 e. The molecule has 1 atom stereocenters. The Labute approximate surface area is 249 Å². The third kappa shape index (κ3) is 9.98. The van der Waals surface area contributed by atoms with E-state index in [0.29, 0.717) is 47.8 Å². The fourth-order valence-corrected chi connectivity index (χ4v) is 3.62. The van der Waals surface area contributed by atoms with Gasteiger partial charge in [-0.15, -0.1) is 0 Å². The van der Waals surface area contributed by atoms with E-state index in [1.54, 1.807) is 56.3 Å². The van der Waals surface area contributed by atoms with E-state index in [-0.39, 0.29) is 17.9 Å². The van der Waals surface area contributed by atoms with Crippen molar-refractivity contribution >= 4 is 23.9 Å². The molecule has 224 valence electrons. The Bertz CT molecular complexity index is 1440. The van der Waals surface area contributed by atoms with E-state index in [2.05, 4.69) is 13.2 Å². The highest BCUT2D eigenvalue weighted by molar-refractivity contribution is 5.94. The summed E-state index contributed by atoms with van der Waals surface area (Å²) >= 11 is 0. The standard InChI is InChI=1S/C33H32O10/c1-5-29(34)40-20-8-19-39-25-13-15-26(16-14-25)41-32(37)28-18-17-27(21-22(28)4)42-31(36)23-9-11-24(12-10-23)33(38-7-3)43-30(35)6-2/h5-6,9-18,21,33H,1-2,7-8,19-20H2,3-4H3. The number of hydrogen-bond donors (Lipinski definition) is 0. The van der Waals surface area contributed by atoms with Crippen LogP contribution in [0.15, 0.2) is 92.0 Å². The third-order valence-corrected chi connectivity index (χ3v) is 5.76. The quantitative estimate of drug-likeness (QED) is 0.0718. The predicted octanol–water partition coefficient (Wildman–Crippen LogP) is 5.70. The summed E-state index contributed by atoms with van der Waals surface area (Å²) in [6.07, 6.45) is 1.71. The van der Waals surface area contributed by atoms with Crippen molar-refractivity contribution in [3.8, 4) is 17.2 Å². The van der Waals surface area contributed by atoms with E-state index < -0.39 is 30.2 Å². The van der Waals surface area contributed by atoms with Crippen molar-refractivity contribution < 1.29 is 47.6 Å². The minimum atomic E-state index is -0.936. The molecule has 43 heavy (non-hydrogen) atoms. The lowest BCUT2D eigenvalue weighted by Gasteiger charge is -2.17. The Morgan fingerprint density at radius 2 is 1.40 bits per heavy atom. The van der Waals surface area contributed by atoms with Gasteiger partial charge in [-0.3, -0.25) is 0 Å². The molecule has 0 radical (unpaired) electrons. The molecule has 0 aliphatic carbocycles. The van der Waals surface area contributed by atoms with E-state index in [1.165, 1.54) is 24.3 Å². The lowest BCUT2D eigenvalue weighted by atomic mass is 10.1. The van der Waals surface area contributed by atoms with Crippen LogP contribution >= 0.6 is 0 Å². The maximum atomic E-state index is 12.8. The smallest absolute Gasteiger partial charge is 0.343 e. The summed E-state index contributed by atoms with van der Waals surface area (Å²) in [6.45, 7) is 11.0. The number of aryl methyl sites for hydroxylation is 1. The van der Waals surface area contributed by atoms with E-state index in [4.69, 9.17) is 28.4 Å². The number of carbonyl (C=O) groups excluding carboxylic acids is 4. The Balaban J connectivity index is 1.54. The monoisotopic (exact) mass is 588 g/mol. The Morgan fingerprint density at radius 3 is 2.02 bits per heavy atom. The molecule has 0 heterocycles. The maximum Gasteiger partial charge on any atom is 0.343 e. The molecule has 0 saturated heterocycles. The second-order valence-corrected chi connectivity index (χ2v) is 8.85. The van der Waals surface area contributed by atoms with Crippen molar-refractivity contribution in [2.45, 2.75) is 26.6 Å². The van der Waals surface area contributed by atoms with Crippen molar-refractivity contribution in [2.75, 3.05) is 19.8 Å². The van der Waals surface area contributed by atoms with Crippen LogP contribution < -0.4 is 14.2 Å². The minimum absolute atomic E-state index is 0.219. The van der Waals surface area contributed by atoms with Gasteiger partial charge in [0.05, 0.1) is 24.3 Å². The van der Waals surface area contributed by atoms with E-state index in [0.717, 1.165) is 12.2 Å². The number of ether oxygens (including phenoxy) is 6. The van der Waals surface area contributed by atoms with E-state index in [1.807, 2.05) is 0 Å². The van der Waals surface area contributed by atoms with Gasteiger partial charge in [-0.05, 0) is 74.0 Å². The third-order valence-electron chi connectivity index (χ3n) is 5.76. The summed E-state index contributed by atoms with van der Waals surface area (Å²) in [5, 5.41) is 0. The van der Waals surface area contributed by atoms with Crippen LogP contribution in [0.1, 0.15) is 51.5 Å². The molecule has 0 saturated carbocycles. The number of benzene rings is 3. The normalized spacial score (nSPS) is 11.0. The molecule has 0 aromatic heterocycles. The van der Waals surface area contributed by atoms with Crippen LogP contribution in [-0.4, -0.2) is 43.7 Å². The first kappa shape index (κ1) is 32.3. The highest BCUT2D eigenvalue weighted by Crippen LogP contribution is 2.24. The molecule has 0 aliphatic heterocycles. The zero-order chi connectivity index (χ0) is 31.2. The number of rotatable bonds is 15. The molecule has 0 N–H and O–H groups in total.